The van der Waals surface area contributed by atoms with Crippen LogP contribution in [0.4, 0.5) is 0 Å². The molecule has 154 valence electrons. The molecule has 0 spiro atoms. The van der Waals surface area contributed by atoms with Gasteiger partial charge in [-0.1, -0.05) is 55.2 Å². The second-order valence-electron chi connectivity index (χ2n) is 6.19. The molecule has 3 nitrogen and oxygen atoms in total. The van der Waals surface area contributed by atoms with Crippen molar-refractivity contribution in [2.75, 3.05) is 7.11 Å². The minimum absolute atomic E-state index is 0.671. The third-order valence-corrected chi connectivity index (χ3v) is 3.90. The molecule has 0 aliphatic heterocycles. The molecule has 0 radical (unpaired) electrons. The van der Waals surface area contributed by atoms with E-state index in [9.17, 15) is 0 Å². The number of benzene rings is 2. The Hall–Kier alpha value is -3.64. The maximum atomic E-state index is 5.70. The minimum atomic E-state index is 0.671. The summed E-state index contributed by atoms with van der Waals surface area (Å²) in [5, 5.41) is 0. The maximum absolute atomic E-state index is 5.70. The van der Waals surface area contributed by atoms with E-state index >= 15 is 0 Å². The van der Waals surface area contributed by atoms with Crippen molar-refractivity contribution >= 4 is 0 Å². The van der Waals surface area contributed by atoms with Crippen molar-refractivity contribution in [3.05, 3.63) is 103 Å². The highest BCUT2D eigenvalue weighted by atomic mass is 16.5. The van der Waals surface area contributed by atoms with Crippen LogP contribution in [0.2, 0.25) is 0 Å². The molecule has 0 heterocycles. The number of hydrogen-bond donors (Lipinski definition) is 0. The van der Waals surface area contributed by atoms with Crippen molar-refractivity contribution in [2.24, 2.45) is 0 Å². The molecule has 1 aliphatic rings. The Bertz CT molecular complexity index is 954. The number of methoxy groups -OCH3 is 1. The first kappa shape index (κ1) is 22.6. The predicted octanol–water partition coefficient (Wildman–Crippen LogP) is 7.21. The van der Waals surface area contributed by atoms with Crippen LogP contribution in [0.25, 0.3) is 0 Å². The van der Waals surface area contributed by atoms with Gasteiger partial charge in [0.1, 0.15) is 28.8 Å². The Morgan fingerprint density at radius 2 is 1.80 bits per heavy atom. The molecule has 0 aromatic heterocycles. The monoisotopic (exact) mass is 400 g/mol. The molecule has 0 fully saturated rings. The lowest BCUT2D eigenvalue weighted by Gasteiger charge is -2.07. The Morgan fingerprint density at radius 3 is 2.53 bits per heavy atom. The Kier molecular flexibility index (Phi) is 10.2. The Labute approximate surface area is 180 Å². The standard InChI is InChI=1S/C14H16O.C13H12O2/c1-3-5-10-13(4-2)15-14-11-8-6-7-9-12-14;1-14-12-8-5-9-13(10-12)15-11-6-3-2-4-7-11/h4-6,8,10-11H,3,12H2,1-2H3;2-10H,1H3/b10-5-,13-4+;. The van der Waals surface area contributed by atoms with Gasteiger partial charge in [-0.15, -0.1) is 0 Å². The molecule has 0 amide bonds. The molecule has 0 atom stereocenters. The minimum Gasteiger partial charge on any atom is -0.497 e. The first-order valence-corrected chi connectivity index (χ1v) is 9.97. The molecule has 0 bridgehead atoms. The van der Waals surface area contributed by atoms with Crippen LogP contribution in [0.1, 0.15) is 26.7 Å². The topological polar surface area (TPSA) is 27.7 Å². The summed E-state index contributed by atoms with van der Waals surface area (Å²) in [5.74, 6) is 10.1. The first-order chi connectivity index (χ1) is 14.7. The molecular formula is C27H28O3. The fraction of sp³-hybridized carbons (Fsp3) is 0.185. The summed E-state index contributed by atoms with van der Waals surface area (Å²) >= 11 is 0. The van der Waals surface area contributed by atoms with Crippen LogP contribution in [0.5, 0.6) is 17.2 Å². The van der Waals surface area contributed by atoms with Crippen molar-refractivity contribution in [3.8, 4) is 29.1 Å². The summed E-state index contributed by atoms with van der Waals surface area (Å²) in [5.41, 5.74) is 0. The number of hydrogen-bond acceptors (Lipinski definition) is 3. The van der Waals surface area contributed by atoms with E-state index in [0.717, 1.165) is 35.2 Å². The molecule has 3 heteroatoms. The quantitative estimate of drug-likeness (QED) is 0.279. The lowest BCUT2D eigenvalue weighted by atomic mass is 10.3. The van der Waals surface area contributed by atoms with Gasteiger partial charge in [-0.3, -0.25) is 0 Å². The van der Waals surface area contributed by atoms with E-state index in [1.54, 1.807) is 7.11 Å². The molecule has 30 heavy (non-hydrogen) atoms. The van der Waals surface area contributed by atoms with Gasteiger partial charge in [0.2, 0.25) is 0 Å². The highest BCUT2D eigenvalue weighted by Gasteiger charge is 1.99. The first-order valence-electron chi connectivity index (χ1n) is 9.97. The zero-order valence-corrected chi connectivity index (χ0v) is 17.8. The second kappa shape index (κ2) is 13.5. The van der Waals surface area contributed by atoms with Crippen molar-refractivity contribution in [3.63, 3.8) is 0 Å². The van der Waals surface area contributed by atoms with Crippen LogP contribution in [0.3, 0.4) is 0 Å². The fourth-order valence-corrected chi connectivity index (χ4v) is 2.39. The van der Waals surface area contributed by atoms with Crippen LogP contribution in [-0.4, -0.2) is 7.11 Å². The van der Waals surface area contributed by atoms with E-state index in [0.29, 0.717) is 6.42 Å². The van der Waals surface area contributed by atoms with Gasteiger partial charge in [-0.2, -0.15) is 0 Å². The van der Waals surface area contributed by atoms with Crippen LogP contribution >= 0.6 is 0 Å². The van der Waals surface area contributed by atoms with Gasteiger partial charge in [-0.05, 0) is 61.9 Å². The number of rotatable bonds is 7. The van der Waals surface area contributed by atoms with E-state index in [1.807, 2.05) is 91.9 Å². The van der Waals surface area contributed by atoms with Gasteiger partial charge in [0, 0.05) is 6.07 Å². The highest BCUT2D eigenvalue weighted by molar-refractivity contribution is 5.36. The number of allylic oxidation sites excluding steroid dienone is 7. The van der Waals surface area contributed by atoms with Gasteiger partial charge in [0.05, 0.1) is 13.5 Å². The third-order valence-electron chi connectivity index (χ3n) is 3.90. The molecule has 2 aromatic rings. The van der Waals surface area contributed by atoms with E-state index in [1.165, 1.54) is 0 Å². The van der Waals surface area contributed by atoms with Crippen LogP contribution < -0.4 is 9.47 Å². The van der Waals surface area contributed by atoms with E-state index in [-0.39, 0.29) is 0 Å². The molecule has 0 saturated carbocycles. The second-order valence-corrected chi connectivity index (χ2v) is 6.19. The molecule has 1 aliphatic carbocycles. The molecule has 2 aromatic carbocycles. The molecule has 3 rings (SSSR count). The SMILES string of the molecule is C/C=C(\C=C/CC)OC1=CC=CC#CC1.COc1cccc(Oc2ccccc2)c1. The predicted molar refractivity (Wildman–Crippen MR) is 123 cm³/mol. The van der Waals surface area contributed by atoms with Crippen LogP contribution in [0, 0.1) is 11.8 Å². The number of ether oxygens (including phenoxy) is 3. The van der Waals surface area contributed by atoms with E-state index in [2.05, 4.69) is 24.8 Å². The molecule has 0 unspecified atom stereocenters. The van der Waals surface area contributed by atoms with Gasteiger partial charge in [-0.25, -0.2) is 0 Å². The zero-order valence-electron chi connectivity index (χ0n) is 17.8. The Morgan fingerprint density at radius 1 is 1.03 bits per heavy atom. The summed E-state index contributed by atoms with van der Waals surface area (Å²) < 4.78 is 16.5. The normalized spacial score (nSPS) is 12.6. The summed E-state index contributed by atoms with van der Waals surface area (Å²) in [4.78, 5) is 0. The third kappa shape index (κ3) is 8.58. The lowest BCUT2D eigenvalue weighted by Crippen LogP contribution is -1.90. The average Bonchev–Trinajstić information content (AvgIpc) is 3.06. The average molecular weight is 401 g/mol. The van der Waals surface area contributed by atoms with Crippen molar-refractivity contribution in [1.29, 1.82) is 0 Å². The van der Waals surface area contributed by atoms with Crippen molar-refractivity contribution in [1.82, 2.24) is 0 Å². The van der Waals surface area contributed by atoms with Gasteiger partial charge in [0.25, 0.3) is 0 Å². The van der Waals surface area contributed by atoms with Gasteiger partial charge >= 0.3 is 0 Å². The van der Waals surface area contributed by atoms with E-state index in [4.69, 9.17) is 14.2 Å². The van der Waals surface area contributed by atoms with E-state index < -0.39 is 0 Å². The van der Waals surface area contributed by atoms with Crippen LogP contribution in [0.15, 0.2) is 103 Å². The zero-order chi connectivity index (χ0) is 21.4. The Balaban J connectivity index is 0.000000214. The lowest BCUT2D eigenvalue weighted by molar-refractivity contribution is 0.314. The summed E-state index contributed by atoms with van der Waals surface area (Å²) in [6.07, 6.45) is 13.4. The summed E-state index contributed by atoms with van der Waals surface area (Å²) in [6.45, 7) is 4.07. The summed E-state index contributed by atoms with van der Waals surface area (Å²) in [6, 6.07) is 17.2. The van der Waals surface area contributed by atoms with Crippen LogP contribution in [-0.2, 0) is 4.74 Å². The van der Waals surface area contributed by atoms with Crippen molar-refractivity contribution in [2.45, 2.75) is 26.7 Å². The van der Waals surface area contributed by atoms with Crippen molar-refractivity contribution < 1.29 is 14.2 Å². The molecule has 0 saturated heterocycles. The van der Waals surface area contributed by atoms with Gasteiger partial charge < -0.3 is 14.2 Å². The largest absolute Gasteiger partial charge is 0.497 e. The maximum Gasteiger partial charge on any atom is 0.131 e. The number of para-hydroxylation sites is 1. The smallest absolute Gasteiger partial charge is 0.131 e. The molecular weight excluding hydrogens is 372 g/mol. The molecule has 0 N–H and O–H groups in total. The highest BCUT2D eigenvalue weighted by Crippen LogP contribution is 2.24. The van der Waals surface area contributed by atoms with Gasteiger partial charge in [0.15, 0.2) is 0 Å². The summed E-state index contributed by atoms with van der Waals surface area (Å²) in [7, 11) is 1.64. The fourth-order valence-electron chi connectivity index (χ4n) is 2.39.